The number of alkyl carbamates (subject to hydrolysis) is 1. The number of hydrogen-bond acceptors (Lipinski definition) is 7. The van der Waals surface area contributed by atoms with Gasteiger partial charge in [-0.1, -0.05) is 48.5 Å². The van der Waals surface area contributed by atoms with Crippen molar-refractivity contribution in [2.45, 2.75) is 77.2 Å². The molecule has 0 saturated carbocycles. The molecule has 40 heavy (non-hydrogen) atoms. The van der Waals surface area contributed by atoms with Gasteiger partial charge in [0.2, 0.25) is 5.91 Å². The molecule has 0 aliphatic heterocycles. The maximum atomic E-state index is 13.1. The maximum absolute atomic E-state index is 13.1. The summed E-state index contributed by atoms with van der Waals surface area (Å²) in [5, 5.41) is 14.4. The topological polar surface area (TPSA) is 140 Å². The second-order valence-electron chi connectivity index (χ2n) is 11.6. The van der Waals surface area contributed by atoms with Crippen molar-refractivity contribution in [1.29, 1.82) is 0 Å². The van der Waals surface area contributed by atoms with Crippen LogP contribution in [-0.2, 0) is 28.6 Å². The van der Waals surface area contributed by atoms with E-state index in [1.807, 2.05) is 48.5 Å². The van der Waals surface area contributed by atoms with Crippen molar-refractivity contribution in [2.24, 2.45) is 0 Å². The van der Waals surface area contributed by atoms with E-state index >= 15 is 0 Å². The van der Waals surface area contributed by atoms with E-state index in [1.54, 1.807) is 41.5 Å². The lowest BCUT2D eigenvalue weighted by Crippen LogP contribution is -2.54. The van der Waals surface area contributed by atoms with Gasteiger partial charge in [-0.15, -0.1) is 0 Å². The third-order valence-electron chi connectivity index (χ3n) is 6.04. The average Bonchev–Trinajstić information content (AvgIpc) is 3.16. The van der Waals surface area contributed by atoms with Crippen molar-refractivity contribution in [3.8, 4) is 11.1 Å². The van der Waals surface area contributed by atoms with E-state index in [2.05, 4.69) is 10.6 Å². The first-order valence-electron chi connectivity index (χ1n) is 13.1. The third kappa shape index (κ3) is 8.54. The van der Waals surface area contributed by atoms with E-state index in [1.165, 1.54) is 0 Å². The molecule has 0 fully saturated rings. The Labute approximate surface area is 234 Å². The molecule has 1 aliphatic carbocycles. The first-order valence-corrected chi connectivity index (χ1v) is 13.1. The van der Waals surface area contributed by atoms with Gasteiger partial charge in [-0.3, -0.25) is 9.59 Å². The number of carboxylic acids is 1. The van der Waals surface area contributed by atoms with Crippen molar-refractivity contribution >= 4 is 23.9 Å². The molecule has 0 spiro atoms. The highest BCUT2D eigenvalue weighted by molar-refractivity contribution is 5.91. The Kier molecular flexibility index (Phi) is 9.57. The lowest BCUT2D eigenvalue weighted by Gasteiger charge is -2.26. The summed E-state index contributed by atoms with van der Waals surface area (Å²) in [5.41, 5.74) is 2.75. The van der Waals surface area contributed by atoms with Gasteiger partial charge < -0.3 is 30.0 Å². The summed E-state index contributed by atoms with van der Waals surface area (Å²) in [5.74, 6) is -3.22. The van der Waals surface area contributed by atoms with E-state index in [4.69, 9.17) is 14.2 Å². The molecule has 216 valence electrons. The molecule has 0 saturated heterocycles. The van der Waals surface area contributed by atoms with Gasteiger partial charge in [-0.2, -0.15) is 0 Å². The van der Waals surface area contributed by atoms with Gasteiger partial charge in [-0.05, 0) is 63.8 Å². The van der Waals surface area contributed by atoms with Crippen LogP contribution < -0.4 is 10.6 Å². The number of carboxylic acid groups (broad SMARTS) is 1. The molecule has 1 aliphatic rings. The highest BCUT2D eigenvalue weighted by atomic mass is 16.6. The number of rotatable bonds is 10. The minimum absolute atomic E-state index is 0.0325. The van der Waals surface area contributed by atoms with Crippen LogP contribution in [0.2, 0.25) is 0 Å². The molecule has 3 N–H and O–H groups in total. The molecular formula is C30H38N2O8. The van der Waals surface area contributed by atoms with Gasteiger partial charge >= 0.3 is 18.0 Å². The standard InChI is InChI=1S/C30H38N2O8/c1-29(2,3)39-17-24(26(34)31-23(27(35)36)15-25(33)40-30(4,5)6)32-28(37)38-16-22-20-13-9-7-11-18(20)19-12-8-10-14-21(19)22/h7-14,22-24H,15-17H2,1-6H3,(H,31,34)(H,32,37)(H,35,36)/t23-,24-/m0/s1. The van der Waals surface area contributed by atoms with Crippen LogP contribution in [0.15, 0.2) is 48.5 Å². The van der Waals surface area contributed by atoms with Crippen molar-refractivity contribution in [1.82, 2.24) is 10.6 Å². The van der Waals surface area contributed by atoms with Crippen LogP contribution in [0.5, 0.6) is 0 Å². The molecule has 0 aromatic heterocycles. The normalized spacial score (nSPS) is 14.3. The highest BCUT2D eigenvalue weighted by Crippen LogP contribution is 2.44. The van der Waals surface area contributed by atoms with E-state index in [9.17, 15) is 24.3 Å². The number of carbonyl (C=O) groups excluding carboxylic acids is 3. The second-order valence-corrected chi connectivity index (χ2v) is 11.6. The Bertz CT molecular complexity index is 1200. The summed E-state index contributed by atoms with van der Waals surface area (Å²) in [4.78, 5) is 49.9. The molecule has 2 amide bonds. The van der Waals surface area contributed by atoms with Crippen LogP contribution >= 0.6 is 0 Å². The van der Waals surface area contributed by atoms with Crippen LogP contribution in [0.4, 0.5) is 4.79 Å². The molecule has 0 bridgehead atoms. The molecule has 10 heteroatoms. The number of esters is 1. The highest BCUT2D eigenvalue weighted by Gasteiger charge is 2.33. The number of benzene rings is 2. The summed E-state index contributed by atoms with van der Waals surface area (Å²) >= 11 is 0. The van der Waals surface area contributed by atoms with E-state index < -0.39 is 53.6 Å². The zero-order valence-electron chi connectivity index (χ0n) is 23.8. The van der Waals surface area contributed by atoms with Crippen molar-refractivity contribution in [2.75, 3.05) is 13.2 Å². The number of amides is 2. The molecule has 0 radical (unpaired) electrons. The van der Waals surface area contributed by atoms with Crippen LogP contribution in [0.1, 0.15) is 65.0 Å². The molecule has 2 aromatic rings. The van der Waals surface area contributed by atoms with Crippen molar-refractivity contribution in [3.63, 3.8) is 0 Å². The van der Waals surface area contributed by atoms with Crippen LogP contribution in [0.25, 0.3) is 11.1 Å². The summed E-state index contributed by atoms with van der Waals surface area (Å²) in [6.45, 7) is 10.1. The predicted molar refractivity (Wildman–Crippen MR) is 148 cm³/mol. The lowest BCUT2D eigenvalue weighted by molar-refractivity contribution is -0.158. The SMILES string of the molecule is CC(C)(C)OC[C@H](NC(=O)OCC1c2ccccc2-c2ccccc21)C(=O)N[C@@H](CC(=O)OC(C)(C)C)C(=O)O. The zero-order chi connectivity index (χ0) is 29.7. The lowest BCUT2D eigenvalue weighted by atomic mass is 9.98. The summed E-state index contributed by atoms with van der Waals surface area (Å²) < 4.78 is 16.4. The van der Waals surface area contributed by atoms with Gasteiger partial charge in [0, 0.05) is 5.92 Å². The number of aliphatic carboxylic acids is 1. The Balaban J connectivity index is 1.68. The quantitative estimate of drug-likeness (QED) is 0.374. The van der Waals surface area contributed by atoms with Crippen molar-refractivity contribution < 1.29 is 38.5 Å². The molecule has 0 unspecified atom stereocenters. The second kappa shape index (κ2) is 12.5. The van der Waals surface area contributed by atoms with Crippen LogP contribution in [0.3, 0.4) is 0 Å². The zero-order valence-corrected chi connectivity index (χ0v) is 23.8. The number of fused-ring (bicyclic) bond motifs is 3. The molecule has 2 atom stereocenters. The molecule has 10 nitrogen and oxygen atoms in total. The van der Waals surface area contributed by atoms with Crippen molar-refractivity contribution in [3.05, 3.63) is 59.7 Å². The number of carbonyl (C=O) groups is 4. The number of ether oxygens (including phenoxy) is 3. The number of nitrogens with one attached hydrogen (secondary N) is 2. The fourth-order valence-corrected chi connectivity index (χ4v) is 4.32. The monoisotopic (exact) mass is 554 g/mol. The van der Waals surface area contributed by atoms with Gasteiger partial charge in [0.25, 0.3) is 0 Å². The third-order valence-corrected chi connectivity index (χ3v) is 6.04. The molecular weight excluding hydrogens is 516 g/mol. The summed E-state index contributed by atoms with van der Waals surface area (Å²) in [6, 6.07) is 12.9. The smallest absolute Gasteiger partial charge is 0.407 e. The minimum atomic E-state index is -1.57. The first-order chi connectivity index (χ1) is 18.6. The summed E-state index contributed by atoms with van der Waals surface area (Å²) in [7, 11) is 0. The van der Waals surface area contributed by atoms with Gasteiger partial charge in [0.05, 0.1) is 18.6 Å². The largest absolute Gasteiger partial charge is 0.480 e. The van der Waals surface area contributed by atoms with E-state index in [-0.39, 0.29) is 19.1 Å². The minimum Gasteiger partial charge on any atom is -0.480 e. The fourth-order valence-electron chi connectivity index (χ4n) is 4.32. The Hall–Kier alpha value is -3.92. The van der Waals surface area contributed by atoms with E-state index in [0.717, 1.165) is 22.3 Å². The molecule has 3 rings (SSSR count). The predicted octanol–water partition coefficient (Wildman–Crippen LogP) is 4.01. The van der Waals surface area contributed by atoms with E-state index in [0.29, 0.717) is 0 Å². The molecule has 0 heterocycles. The first kappa shape index (κ1) is 30.6. The van der Waals surface area contributed by atoms with Crippen LogP contribution in [0, 0.1) is 0 Å². The average molecular weight is 555 g/mol. The summed E-state index contributed by atoms with van der Waals surface area (Å²) in [6.07, 6.45) is -1.45. The van der Waals surface area contributed by atoms with Crippen LogP contribution in [-0.4, -0.2) is 65.5 Å². The van der Waals surface area contributed by atoms with Gasteiger partial charge in [-0.25, -0.2) is 9.59 Å². The Morgan fingerprint density at radius 2 is 1.38 bits per heavy atom. The van der Waals surface area contributed by atoms with Gasteiger partial charge in [0.15, 0.2) is 0 Å². The number of hydrogen-bond donors (Lipinski definition) is 3. The maximum Gasteiger partial charge on any atom is 0.407 e. The Morgan fingerprint density at radius 1 is 0.825 bits per heavy atom. The molecule has 2 aromatic carbocycles. The van der Waals surface area contributed by atoms with Gasteiger partial charge in [0.1, 0.15) is 24.3 Å². The Morgan fingerprint density at radius 3 is 1.88 bits per heavy atom. The fraction of sp³-hybridized carbons (Fsp3) is 0.467.